The number of halogens is 5. The number of nitrogens with zero attached hydrogens (tertiary/aromatic N) is 4. The van der Waals surface area contributed by atoms with Crippen molar-refractivity contribution in [2.24, 2.45) is 0 Å². The fraction of sp³-hybridized carbons (Fsp3) is 0.522. The second kappa shape index (κ2) is 9.30. The van der Waals surface area contributed by atoms with Gasteiger partial charge in [-0.1, -0.05) is 0 Å². The number of alkyl halides is 5. The molecule has 0 spiro atoms. The van der Waals surface area contributed by atoms with Gasteiger partial charge >= 0.3 is 6.18 Å². The summed E-state index contributed by atoms with van der Waals surface area (Å²) in [5, 5.41) is 14.5. The third kappa shape index (κ3) is 5.22. The van der Waals surface area contributed by atoms with Gasteiger partial charge in [-0.15, -0.1) is 0 Å². The van der Waals surface area contributed by atoms with E-state index in [0.29, 0.717) is 0 Å². The quantitative estimate of drug-likeness (QED) is 0.476. The highest BCUT2D eigenvalue weighted by atomic mass is 19.4. The molecule has 1 saturated heterocycles. The molecule has 0 radical (unpaired) electrons. The molecule has 3 unspecified atom stereocenters. The van der Waals surface area contributed by atoms with Crippen LogP contribution in [0.25, 0.3) is 11.0 Å². The maximum atomic E-state index is 13.8. The van der Waals surface area contributed by atoms with Gasteiger partial charge in [0.1, 0.15) is 23.7 Å². The summed E-state index contributed by atoms with van der Waals surface area (Å²) < 4.78 is 74.3. The van der Waals surface area contributed by atoms with Gasteiger partial charge in [-0.05, 0) is 33.3 Å². The van der Waals surface area contributed by atoms with Crippen molar-refractivity contribution < 1.29 is 31.8 Å². The van der Waals surface area contributed by atoms with E-state index in [2.05, 4.69) is 20.3 Å². The first-order valence-corrected chi connectivity index (χ1v) is 11.2. The topological polar surface area (TPSA) is 85.1 Å². The number of nitrogens with one attached hydrogen (secondary N) is 1. The Bertz CT molecular complexity index is 1180. The molecule has 7 nitrogen and oxygen atoms in total. The zero-order chi connectivity index (χ0) is 25.5. The lowest BCUT2D eigenvalue weighted by Crippen LogP contribution is -2.53. The van der Waals surface area contributed by atoms with E-state index in [1.807, 2.05) is 6.92 Å². The van der Waals surface area contributed by atoms with E-state index >= 15 is 0 Å². The Balaban J connectivity index is 1.55. The van der Waals surface area contributed by atoms with E-state index in [1.54, 1.807) is 13.8 Å². The molecule has 0 aliphatic carbocycles. The largest absolute Gasteiger partial charge is 0.492 e. The van der Waals surface area contributed by atoms with E-state index in [1.165, 1.54) is 17.0 Å². The van der Waals surface area contributed by atoms with E-state index in [0.717, 1.165) is 18.5 Å². The molecule has 12 heteroatoms. The molecule has 0 saturated carbocycles. The third-order valence-corrected chi connectivity index (χ3v) is 6.08. The Hall–Kier alpha value is -2.86. The lowest BCUT2D eigenvalue weighted by Gasteiger charge is -2.40. The average Bonchev–Trinajstić information content (AvgIpc) is 3.20. The fourth-order valence-electron chi connectivity index (χ4n) is 4.56. The Labute approximate surface area is 198 Å². The van der Waals surface area contributed by atoms with Gasteiger partial charge in [0.15, 0.2) is 0 Å². The minimum atomic E-state index is -4.61. The van der Waals surface area contributed by atoms with Gasteiger partial charge in [0.05, 0.1) is 41.0 Å². The minimum absolute atomic E-state index is 0.00322. The molecule has 1 fully saturated rings. The second-order valence-corrected chi connectivity index (χ2v) is 9.22. The minimum Gasteiger partial charge on any atom is -0.492 e. The van der Waals surface area contributed by atoms with Crippen molar-refractivity contribution in [3.8, 4) is 5.75 Å². The SMILES string of the molecule is CC1CC(O)(c2cnc(C(F)F)cn2)CC(COc2cc(C(F)(F)F)c3c(c2)ncn3C(C)C)N1. The molecule has 35 heavy (non-hydrogen) atoms. The van der Waals surface area contributed by atoms with E-state index in [9.17, 15) is 27.1 Å². The average molecular weight is 499 g/mol. The van der Waals surface area contributed by atoms with Crippen LogP contribution in [0.5, 0.6) is 5.75 Å². The first-order valence-electron chi connectivity index (χ1n) is 11.2. The number of hydrogen-bond donors (Lipinski definition) is 2. The highest BCUT2D eigenvalue weighted by Gasteiger charge is 2.41. The van der Waals surface area contributed by atoms with Crippen LogP contribution in [0.3, 0.4) is 0 Å². The number of aliphatic hydroxyl groups is 1. The summed E-state index contributed by atoms with van der Waals surface area (Å²) in [6.45, 7) is 5.33. The van der Waals surface area contributed by atoms with Gasteiger partial charge in [-0.3, -0.25) is 9.97 Å². The molecular weight excluding hydrogens is 473 g/mol. The molecule has 2 N–H and O–H groups in total. The molecule has 4 rings (SSSR count). The van der Waals surface area contributed by atoms with Crippen LogP contribution in [0.4, 0.5) is 22.0 Å². The summed E-state index contributed by atoms with van der Waals surface area (Å²) in [7, 11) is 0. The Morgan fingerprint density at radius 1 is 1.17 bits per heavy atom. The standard InChI is InChI=1S/C23H26F5N5O2/c1-12(2)33-11-31-17-5-15(4-16(20(17)33)23(26,27)28)35-10-14-7-22(34,6-13(3)32-14)19-9-29-18(8-30-19)21(24)25/h4-5,8-9,11-14,21,32,34H,6-7,10H2,1-3H3. The Morgan fingerprint density at radius 2 is 1.91 bits per heavy atom. The predicted octanol–water partition coefficient (Wildman–Crippen LogP) is 4.77. The molecule has 2 aromatic heterocycles. The molecule has 3 atom stereocenters. The summed E-state index contributed by atoms with van der Waals surface area (Å²) in [6.07, 6.45) is -3.58. The van der Waals surface area contributed by atoms with Crippen molar-refractivity contribution in [1.82, 2.24) is 24.8 Å². The maximum absolute atomic E-state index is 13.8. The molecule has 3 heterocycles. The molecule has 3 aromatic rings. The normalized spacial score (nSPS) is 23.4. The van der Waals surface area contributed by atoms with Crippen molar-refractivity contribution in [3.63, 3.8) is 0 Å². The molecule has 0 bridgehead atoms. The van der Waals surface area contributed by atoms with Gasteiger partial charge in [-0.25, -0.2) is 13.8 Å². The number of hydrogen-bond acceptors (Lipinski definition) is 6. The van der Waals surface area contributed by atoms with Crippen LogP contribution in [0.1, 0.15) is 63.0 Å². The number of fused-ring (bicyclic) bond motifs is 1. The number of ether oxygens (including phenoxy) is 1. The summed E-state index contributed by atoms with van der Waals surface area (Å²) in [5.41, 5.74) is -2.48. The first-order chi connectivity index (χ1) is 16.4. The first kappa shape index (κ1) is 25.2. The van der Waals surface area contributed by atoms with Crippen molar-refractivity contribution in [1.29, 1.82) is 0 Å². The second-order valence-electron chi connectivity index (χ2n) is 9.22. The number of rotatable bonds is 6. The van der Waals surface area contributed by atoms with E-state index < -0.39 is 35.5 Å². The van der Waals surface area contributed by atoms with Gasteiger partial charge < -0.3 is 19.7 Å². The molecular formula is C23H26F5N5O2. The van der Waals surface area contributed by atoms with Gasteiger partial charge in [0.25, 0.3) is 6.43 Å². The van der Waals surface area contributed by atoms with Crippen LogP contribution in [-0.2, 0) is 11.8 Å². The predicted molar refractivity (Wildman–Crippen MR) is 117 cm³/mol. The fourth-order valence-corrected chi connectivity index (χ4v) is 4.56. The number of piperidine rings is 1. The van der Waals surface area contributed by atoms with Gasteiger partial charge in [0, 0.05) is 30.6 Å². The van der Waals surface area contributed by atoms with Crippen LogP contribution in [0.15, 0.2) is 30.9 Å². The van der Waals surface area contributed by atoms with Crippen LogP contribution in [-0.4, -0.2) is 43.3 Å². The van der Waals surface area contributed by atoms with Crippen molar-refractivity contribution in [3.05, 3.63) is 47.8 Å². The van der Waals surface area contributed by atoms with Crippen LogP contribution >= 0.6 is 0 Å². The summed E-state index contributed by atoms with van der Waals surface area (Å²) >= 11 is 0. The monoisotopic (exact) mass is 499 g/mol. The number of aromatic nitrogens is 4. The van der Waals surface area contributed by atoms with E-state index in [-0.39, 0.29) is 54.0 Å². The van der Waals surface area contributed by atoms with Crippen molar-refractivity contribution in [2.45, 2.75) is 69.9 Å². The Morgan fingerprint density at radius 3 is 2.51 bits per heavy atom. The maximum Gasteiger partial charge on any atom is 0.418 e. The highest BCUT2D eigenvalue weighted by molar-refractivity contribution is 5.81. The van der Waals surface area contributed by atoms with Crippen LogP contribution in [0, 0.1) is 0 Å². The summed E-state index contributed by atoms with van der Waals surface area (Å²) in [6, 6.07) is 1.55. The zero-order valence-electron chi connectivity index (χ0n) is 19.4. The van der Waals surface area contributed by atoms with E-state index in [4.69, 9.17) is 4.74 Å². The van der Waals surface area contributed by atoms with Crippen molar-refractivity contribution >= 4 is 11.0 Å². The number of imidazole rings is 1. The van der Waals surface area contributed by atoms with Crippen LogP contribution < -0.4 is 10.1 Å². The van der Waals surface area contributed by atoms with Gasteiger partial charge in [-0.2, -0.15) is 13.2 Å². The van der Waals surface area contributed by atoms with Crippen molar-refractivity contribution in [2.75, 3.05) is 6.61 Å². The summed E-state index contributed by atoms with van der Waals surface area (Å²) in [4.78, 5) is 11.8. The molecule has 1 aliphatic rings. The molecule has 1 aromatic carbocycles. The Kier molecular flexibility index (Phi) is 6.71. The number of benzene rings is 1. The summed E-state index contributed by atoms with van der Waals surface area (Å²) in [5.74, 6) is 0.00322. The molecule has 190 valence electrons. The highest BCUT2D eigenvalue weighted by Crippen LogP contribution is 2.39. The molecule has 0 amide bonds. The lowest BCUT2D eigenvalue weighted by molar-refractivity contribution is -0.136. The lowest BCUT2D eigenvalue weighted by atomic mass is 9.82. The van der Waals surface area contributed by atoms with Gasteiger partial charge in [0.2, 0.25) is 0 Å². The smallest absolute Gasteiger partial charge is 0.418 e. The van der Waals surface area contributed by atoms with Crippen LogP contribution in [0.2, 0.25) is 0 Å². The zero-order valence-corrected chi connectivity index (χ0v) is 19.4. The molecule has 1 aliphatic heterocycles. The third-order valence-electron chi connectivity index (χ3n) is 6.08.